The summed E-state index contributed by atoms with van der Waals surface area (Å²) in [5.41, 5.74) is 1.11. The van der Waals surface area contributed by atoms with Crippen molar-refractivity contribution in [3.05, 3.63) is 66.2 Å². The summed E-state index contributed by atoms with van der Waals surface area (Å²) >= 11 is 1.27. The number of aromatic nitrogens is 1. The number of fused-ring (bicyclic) bond motifs is 1. The maximum atomic E-state index is 13.5. The van der Waals surface area contributed by atoms with Crippen molar-refractivity contribution in [3.8, 4) is 23.0 Å². The lowest BCUT2D eigenvalue weighted by molar-refractivity contribution is -0.123. The standard InChI is InChI=1S/C26H26N2O7S2/c1-5-37(30,31)19-11-9-16(10-12-19)24(35-18-8-6-7-17(13-18)32-2)25(29)28-26-27-20-14-21(33-3)22(34-4)15-23(20)36-26/h6-15,24H,5H2,1-4H3,(H,27,28,29). The lowest BCUT2D eigenvalue weighted by Gasteiger charge is -2.19. The highest BCUT2D eigenvalue weighted by Gasteiger charge is 2.25. The second-order valence-corrected chi connectivity index (χ2v) is 11.1. The molecule has 0 aliphatic carbocycles. The van der Waals surface area contributed by atoms with Crippen molar-refractivity contribution in [2.45, 2.75) is 17.9 Å². The minimum absolute atomic E-state index is 0.0241. The van der Waals surface area contributed by atoms with Crippen LogP contribution in [0.1, 0.15) is 18.6 Å². The number of rotatable bonds is 10. The number of ether oxygens (including phenoxy) is 4. The molecule has 1 N–H and O–H groups in total. The molecule has 1 aromatic heterocycles. The van der Waals surface area contributed by atoms with Gasteiger partial charge < -0.3 is 18.9 Å². The topological polar surface area (TPSA) is 113 Å². The van der Waals surface area contributed by atoms with Gasteiger partial charge in [0.05, 0.1) is 42.2 Å². The molecule has 11 heteroatoms. The van der Waals surface area contributed by atoms with E-state index >= 15 is 0 Å². The Kier molecular flexibility index (Phi) is 7.84. The third-order valence-electron chi connectivity index (χ3n) is 5.58. The fourth-order valence-corrected chi connectivity index (χ4v) is 5.34. The Morgan fingerprint density at radius 1 is 0.946 bits per heavy atom. The van der Waals surface area contributed by atoms with Crippen LogP contribution in [-0.2, 0) is 14.6 Å². The number of sulfone groups is 1. The molecule has 4 rings (SSSR count). The molecule has 3 aromatic carbocycles. The SMILES string of the molecule is CCS(=O)(=O)c1ccc(C(Oc2cccc(OC)c2)C(=O)Nc2nc3cc(OC)c(OC)cc3s2)cc1. The molecule has 9 nitrogen and oxygen atoms in total. The van der Waals surface area contributed by atoms with Gasteiger partial charge in [-0.05, 0) is 24.3 Å². The van der Waals surface area contributed by atoms with Gasteiger partial charge in [-0.2, -0.15) is 0 Å². The third kappa shape index (κ3) is 5.78. The molecular weight excluding hydrogens is 516 g/mol. The van der Waals surface area contributed by atoms with Crippen LogP contribution in [0.15, 0.2) is 65.6 Å². The highest BCUT2D eigenvalue weighted by atomic mass is 32.2. The van der Waals surface area contributed by atoms with Gasteiger partial charge in [0, 0.05) is 23.8 Å². The quantitative estimate of drug-likeness (QED) is 0.302. The minimum Gasteiger partial charge on any atom is -0.497 e. The maximum Gasteiger partial charge on any atom is 0.271 e. The lowest BCUT2D eigenvalue weighted by atomic mass is 10.1. The Hall–Kier alpha value is -3.83. The van der Waals surface area contributed by atoms with Crippen molar-refractivity contribution < 1.29 is 32.2 Å². The Bertz CT molecular complexity index is 1470. The second kappa shape index (κ2) is 11.1. The summed E-state index contributed by atoms with van der Waals surface area (Å²) in [6.07, 6.45) is -1.10. The average molecular weight is 543 g/mol. The highest BCUT2D eigenvalue weighted by molar-refractivity contribution is 7.91. The van der Waals surface area contributed by atoms with Gasteiger partial charge in [-0.25, -0.2) is 13.4 Å². The number of amides is 1. The zero-order valence-electron chi connectivity index (χ0n) is 20.7. The van der Waals surface area contributed by atoms with Gasteiger partial charge in [0.15, 0.2) is 26.5 Å². The predicted molar refractivity (Wildman–Crippen MR) is 142 cm³/mol. The Morgan fingerprint density at radius 3 is 2.27 bits per heavy atom. The van der Waals surface area contributed by atoms with E-state index in [-0.39, 0.29) is 10.6 Å². The predicted octanol–water partition coefficient (Wildman–Crippen LogP) is 4.87. The van der Waals surface area contributed by atoms with Crippen LogP contribution in [0.3, 0.4) is 0 Å². The largest absolute Gasteiger partial charge is 0.497 e. The molecule has 0 saturated heterocycles. The molecule has 0 bridgehead atoms. The zero-order chi connectivity index (χ0) is 26.6. The van der Waals surface area contributed by atoms with E-state index < -0.39 is 21.8 Å². The molecule has 0 aliphatic heterocycles. The molecule has 1 amide bonds. The average Bonchev–Trinajstić information content (AvgIpc) is 3.31. The summed E-state index contributed by atoms with van der Waals surface area (Å²) in [5.74, 6) is 1.55. The van der Waals surface area contributed by atoms with E-state index in [1.807, 2.05) is 0 Å². The number of hydrogen-bond donors (Lipinski definition) is 1. The van der Waals surface area contributed by atoms with Gasteiger partial charge in [0.25, 0.3) is 5.91 Å². The smallest absolute Gasteiger partial charge is 0.271 e. The summed E-state index contributed by atoms with van der Waals surface area (Å²) in [6.45, 7) is 1.58. The molecule has 0 aliphatic rings. The first-order valence-corrected chi connectivity index (χ1v) is 13.7. The van der Waals surface area contributed by atoms with E-state index in [4.69, 9.17) is 18.9 Å². The molecule has 1 unspecified atom stereocenters. The number of thiazole rings is 1. The van der Waals surface area contributed by atoms with Crippen LogP contribution in [0.4, 0.5) is 5.13 Å². The van der Waals surface area contributed by atoms with Crippen molar-refractivity contribution >= 4 is 42.4 Å². The maximum absolute atomic E-state index is 13.5. The zero-order valence-corrected chi connectivity index (χ0v) is 22.3. The van der Waals surface area contributed by atoms with E-state index in [1.54, 1.807) is 62.6 Å². The van der Waals surface area contributed by atoms with Gasteiger partial charge in [-0.15, -0.1) is 0 Å². The van der Waals surface area contributed by atoms with Crippen molar-refractivity contribution in [2.75, 3.05) is 32.4 Å². The first-order chi connectivity index (χ1) is 17.8. The van der Waals surface area contributed by atoms with Gasteiger partial charge >= 0.3 is 0 Å². The van der Waals surface area contributed by atoms with Crippen LogP contribution in [0, 0.1) is 0 Å². The molecule has 0 saturated carbocycles. The molecule has 4 aromatic rings. The molecule has 0 spiro atoms. The van der Waals surface area contributed by atoms with Crippen LogP contribution in [0.5, 0.6) is 23.0 Å². The third-order valence-corrected chi connectivity index (χ3v) is 8.26. The number of nitrogens with one attached hydrogen (secondary N) is 1. The lowest BCUT2D eigenvalue weighted by Crippen LogP contribution is -2.25. The number of carbonyl (C=O) groups is 1. The van der Waals surface area contributed by atoms with Crippen LogP contribution >= 0.6 is 11.3 Å². The van der Waals surface area contributed by atoms with Crippen molar-refractivity contribution in [2.24, 2.45) is 0 Å². The second-order valence-electron chi connectivity index (χ2n) is 7.83. The fourth-order valence-electron chi connectivity index (χ4n) is 3.58. The van der Waals surface area contributed by atoms with Gasteiger partial charge in [0.2, 0.25) is 6.10 Å². The Balaban J connectivity index is 1.67. The van der Waals surface area contributed by atoms with Gasteiger partial charge in [0.1, 0.15) is 11.5 Å². The monoisotopic (exact) mass is 542 g/mol. The van der Waals surface area contributed by atoms with Crippen LogP contribution < -0.4 is 24.3 Å². The Morgan fingerprint density at radius 2 is 1.62 bits per heavy atom. The van der Waals surface area contributed by atoms with E-state index in [9.17, 15) is 13.2 Å². The number of nitrogens with zero attached hydrogens (tertiary/aromatic N) is 1. The molecule has 1 atom stereocenters. The molecule has 37 heavy (non-hydrogen) atoms. The summed E-state index contributed by atoms with van der Waals surface area (Å²) in [7, 11) is 1.23. The van der Waals surface area contributed by atoms with Crippen LogP contribution in [0.25, 0.3) is 10.2 Å². The normalized spacial score (nSPS) is 12.1. The summed E-state index contributed by atoms with van der Waals surface area (Å²) < 4.78 is 47.3. The van der Waals surface area contributed by atoms with Crippen molar-refractivity contribution in [3.63, 3.8) is 0 Å². The summed E-state index contributed by atoms with van der Waals surface area (Å²) in [6, 6.07) is 16.5. The van der Waals surface area contributed by atoms with Crippen molar-refractivity contribution in [1.29, 1.82) is 0 Å². The molecule has 0 radical (unpaired) electrons. The molecule has 194 valence electrons. The van der Waals surface area contributed by atoms with E-state index in [2.05, 4.69) is 10.3 Å². The molecule has 0 fully saturated rings. The van der Waals surface area contributed by atoms with Crippen LogP contribution in [-0.4, -0.2) is 46.4 Å². The number of carbonyl (C=O) groups excluding carboxylic acids is 1. The fraction of sp³-hybridized carbons (Fsp3) is 0.231. The first-order valence-electron chi connectivity index (χ1n) is 11.2. The summed E-state index contributed by atoms with van der Waals surface area (Å²) in [5, 5.41) is 3.18. The van der Waals surface area contributed by atoms with Crippen molar-refractivity contribution in [1.82, 2.24) is 4.98 Å². The highest BCUT2D eigenvalue weighted by Crippen LogP contribution is 2.36. The van der Waals surface area contributed by atoms with Gasteiger partial charge in [-0.3, -0.25) is 10.1 Å². The molecular formula is C26H26N2O7S2. The number of methoxy groups -OCH3 is 3. The summed E-state index contributed by atoms with van der Waals surface area (Å²) in [4.78, 5) is 18.1. The van der Waals surface area contributed by atoms with E-state index in [1.165, 1.54) is 37.7 Å². The van der Waals surface area contributed by atoms with Gasteiger partial charge in [-0.1, -0.05) is 36.5 Å². The molecule has 1 heterocycles. The number of benzene rings is 3. The van der Waals surface area contributed by atoms with Crippen LogP contribution in [0.2, 0.25) is 0 Å². The van der Waals surface area contributed by atoms with E-state index in [0.717, 1.165) is 4.70 Å². The van der Waals surface area contributed by atoms with E-state index in [0.29, 0.717) is 39.2 Å². The Labute approximate surface area is 218 Å². The number of hydrogen-bond acceptors (Lipinski definition) is 9. The number of anilines is 1. The minimum atomic E-state index is -3.39. The first kappa shape index (κ1) is 26.2.